The number of nitrogens with zero attached hydrogens (tertiary/aromatic N) is 2. The van der Waals surface area contributed by atoms with Gasteiger partial charge in [0.1, 0.15) is 0 Å². The van der Waals surface area contributed by atoms with Crippen molar-refractivity contribution in [2.45, 2.75) is 26.5 Å². The number of methoxy groups -OCH3 is 1. The third-order valence-electron chi connectivity index (χ3n) is 3.96. The van der Waals surface area contributed by atoms with Gasteiger partial charge in [0.05, 0.1) is 18.8 Å². The van der Waals surface area contributed by atoms with Crippen molar-refractivity contribution in [3.05, 3.63) is 36.0 Å². The van der Waals surface area contributed by atoms with E-state index in [1.165, 1.54) is 7.11 Å². The third kappa shape index (κ3) is 3.48. The van der Waals surface area contributed by atoms with Crippen molar-refractivity contribution in [3.63, 3.8) is 0 Å². The Hall–Kier alpha value is -1.85. The van der Waals surface area contributed by atoms with Crippen LogP contribution in [0.5, 0.6) is 0 Å². The average molecular weight is 304 g/mol. The smallest absolute Gasteiger partial charge is 0.340 e. The molecule has 0 aliphatic rings. The van der Waals surface area contributed by atoms with Crippen LogP contribution in [0.2, 0.25) is 0 Å². The van der Waals surface area contributed by atoms with Gasteiger partial charge >= 0.3 is 5.97 Å². The zero-order chi connectivity index (χ0) is 16.1. The first-order valence-electron chi connectivity index (χ1n) is 7.67. The van der Waals surface area contributed by atoms with Crippen molar-refractivity contribution in [2.75, 3.05) is 26.7 Å². The van der Waals surface area contributed by atoms with Gasteiger partial charge < -0.3 is 19.3 Å². The normalized spacial score (nSPS) is 12.8. The molecule has 0 spiro atoms. The Bertz CT molecular complexity index is 632. The molecule has 0 saturated carbocycles. The first-order valence-corrected chi connectivity index (χ1v) is 7.67. The molecular formula is C17H24N2O3. The summed E-state index contributed by atoms with van der Waals surface area (Å²) < 4.78 is 6.77. The van der Waals surface area contributed by atoms with Crippen LogP contribution in [0.15, 0.2) is 30.5 Å². The highest BCUT2D eigenvalue weighted by molar-refractivity contribution is 6.04. The zero-order valence-electron chi connectivity index (χ0n) is 13.5. The molecule has 2 rings (SSSR count). The lowest BCUT2D eigenvalue weighted by molar-refractivity contribution is 0.0602. The van der Waals surface area contributed by atoms with E-state index in [1.54, 1.807) is 6.20 Å². The van der Waals surface area contributed by atoms with Crippen LogP contribution < -0.4 is 0 Å². The van der Waals surface area contributed by atoms with E-state index in [2.05, 4.69) is 18.7 Å². The van der Waals surface area contributed by atoms with Gasteiger partial charge in [0, 0.05) is 30.2 Å². The largest absolute Gasteiger partial charge is 0.465 e. The Kier molecular flexibility index (Phi) is 5.57. The monoisotopic (exact) mass is 304 g/mol. The van der Waals surface area contributed by atoms with Gasteiger partial charge in [0.15, 0.2) is 0 Å². The summed E-state index contributed by atoms with van der Waals surface area (Å²) in [5.74, 6) is -0.354. The van der Waals surface area contributed by atoms with Crippen LogP contribution >= 0.6 is 0 Å². The molecule has 1 heterocycles. The molecule has 5 nitrogen and oxygen atoms in total. The number of rotatable bonds is 7. The summed E-state index contributed by atoms with van der Waals surface area (Å²) in [6.45, 7) is 7.05. The number of carbonyl (C=O) groups excluding carboxylic acids is 1. The molecule has 1 aromatic heterocycles. The van der Waals surface area contributed by atoms with Gasteiger partial charge in [0.25, 0.3) is 0 Å². The summed E-state index contributed by atoms with van der Waals surface area (Å²) in [5, 5.41) is 11.2. The molecule has 0 radical (unpaired) electrons. The molecular weight excluding hydrogens is 280 g/mol. The molecule has 0 saturated heterocycles. The Labute approximate surface area is 131 Å². The Morgan fingerprint density at radius 2 is 2.00 bits per heavy atom. The van der Waals surface area contributed by atoms with E-state index in [0.29, 0.717) is 18.7 Å². The van der Waals surface area contributed by atoms with E-state index in [0.717, 1.165) is 24.0 Å². The second kappa shape index (κ2) is 7.42. The maximum Gasteiger partial charge on any atom is 0.340 e. The summed E-state index contributed by atoms with van der Waals surface area (Å²) in [7, 11) is 1.38. The Balaban J connectivity index is 2.26. The van der Waals surface area contributed by atoms with E-state index in [9.17, 15) is 9.90 Å². The van der Waals surface area contributed by atoms with E-state index < -0.39 is 6.10 Å². The number of hydrogen-bond acceptors (Lipinski definition) is 4. The maximum absolute atomic E-state index is 11.9. The quantitative estimate of drug-likeness (QED) is 0.796. The summed E-state index contributed by atoms with van der Waals surface area (Å²) in [4.78, 5) is 14.1. The summed E-state index contributed by atoms with van der Waals surface area (Å²) in [5.41, 5.74) is 1.47. The summed E-state index contributed by atoms with van der Waals surface area (Å²) >= 11 is 0. The molecule has 2 aromatic rings. The highest BCUT2D eigenvalue weighted by Crippen LogP contribution is 2.22. The molecule has 0 aliphatic heterocycles. The van der Waals surface area contributed by atoms with Crippen molar-refractivity contribution in [3.8, 4) is 0 Å². The molecule has 1 aromatic carbocycles. The highest BCUT2D eigenvalue weighted by Gasteiger charge is 2.17. The van der Waals surface area contributed by atoms with Gasteiger partial charge in [-0.15, -0.1) is 0 Å². The molecule has 0 amide bonds. The molecule has 0 fully saturated rings. The van der Waals surface area contributed by atoms with Crippen LogP contribution in [0.1, 0.15) is 24.2 Å². The fourth-order valence-corrected chi connectivity index (χ4v) is 2.74. The van der Waals surface area contributed by atoms with Crippen molar-refractivity contribution >= 4 is 16.9 Å². The number of fused-ring (bicyclic) bond motifs is 1. The number of aromatic nitrogens is 1. The van der Waals surface area contributed by atoms with Gasteiger partial charge in [-0.3, -0.25) is 0 Å². The first-order chi connectivity index (χ1) is 10.6. The lowest BCUT2D eigenvalue weighted by Gasteiger charge is -2.22. The number of esters is 1. The maximum atomic E-state index is 11.9. The lowest BCUT2D eigenvalue weighted by Crippen LogP contribution is -2.34. The van der Waals surface area contributed by atoms with Gasteiger partial charge in [-0.25, -0.2) is 4.79 Å². The van der Waals surface area contributed by atoms with Crippen LogP contribution in [0, 0.1) is 0 Å². The van der Waals surface area contributed by atoms with E-state index >= 15 is 0 Å². The van der Waals surface area contributed by atoms with Crippen LogP contribution in [-0.2, 0) is 11.3 Å². The number of para-hydroxylation sites is 1. The fraction of sp³-hybridized carbons (Fsp3) is 0.471. The van der Waals surface area contributed by atoms with Crippen LogP contribution in [0.4, 0.5) is 0 Å². The lowest BCUT2D eigenvalue weighted by atomic mass is 10.2. The minimum atomic E-state index is -0.485. The minimum Gasteiger partial charge on any atom is -0.465 e. The molecule has 1 N–H and O–H groups in total. The Morgan fingerprint density at radius 1 is 1.32 bits per heavy atom. The van der Waals surface area contributed by atoms with Gasteiger partial charge in [-0.05, 0) is 19.2 Å². The molecule has 0 aliphatic carbocycles. The van der Waals surface area contributed by atoms with Gasteiger partial charge in [-0.1, -0.05) is 32.0 Å². The predicted molar refractivity (Wildman–Crippen MR) is 87.1 cm³/mol. The Morgan fingerprint density at radius 3 is 2.64 bits per heavy atom. The standard InChI is InChI=1S/C17H24N2O3/c1-4-18(5-2)10-13(20)11-19-12-15(17(21)22-3)14-8-6-7-9-16(14)19/h6-9,12-13,20H,4-5,10-11H2,1-3H3. The van der Waals surface area contributed by atoms with Crippen molar-refractivity contribution in [1.82, 2.24) is 9.47 Å². The second-order valence-electron chi connectivity index (χ2n) is 5.34. The number of aliphatic hydroxyl groups is 1. The fourth-order valence-electron chi connectivity index (χ4n) is 2.74. The van der Waals surface area contributed by atoms with E-state index in [4.69, 9.17) is 4.74 Å². The third-order valence-corrected chi connectivity index (χ3v) is 3.96. The second-order valence-corrected chi connectivity index (χ2v) is 5.34. The van der Waals surface area contributed by atoms with Crippen LogP contribution in [0.25, 0.3) is 10.9 Å². The molecule has 22 heavy (non-hydrogen) atoms. The van der Waals surface area contributed by atoms with Gasteiger partial charge in [-0.2, -0.15) is 0 Å². The van der Waals surface area contributed by atoms with Crippen LogP contribution in [0.3, 0.4) is 0 Å². The number of carbonyl (C=O) groups is 1. The molecule has 1 unspecified atom stereocenters. The molecule has 1 atom stereocenters. The SMILES string of the molecule is CCN(CC)CC(O)Cn1cc(C(=O)OC)c2ccccc21. The number of ether oxygens (including phenoxy) is 1. The van der Waals surface area contributed by atoms with Crippen molar-refractivity contribution < 1.29 is 14.6 Å². The summed E-state index contributed by atoms with van der Waals surface area (Å²) in [6.07, 6.45) is 1.28. The predicted octanol–water partition coefficient (Wildman–Crippen LogP) is 2.13. The topological polar surface area (TPSA) is 54.7 Å². The van der Waals surface area contributed by atoms with E-state index in [-0.39, 0.29) is 5.97 Å². The molecule has 5 heteroatoms. The molecule has 0 bridgehead atoms. The first kappa shape index (κ1) is 16.5. The zero-order valence-corrected chi connectivity index (χ0v) is 13.5. The van der Waals surface area contributed by atoms with Gasteiger partial charge in [0.2, 0.25) is 0 Å². The van der Waals surface area contributed by atoms with Crippen molar-refractivity contribution in [2.24, 2.45) is 0 Å². The summed E-state index contributed by atoms with van der Waals surface area (Å²) in [6, 6.07) is 7.67. The minimum absolute atomic E-state index is 0.354. The highest BCUT2D eigenvalue weighted by atomic mass is 16.5. The van der Waals surface area contributed by atoms with Crippen LogP contribution in [-0.4, -0.2) is 53.4 Å². The number of aliphatic hydroxyl groups excluding tert-OH is 1. The number of benzene rings is 1. The molecule has 120 valence electrons. The van der Waals surface area contributed by atoms with E-state index in [1.807, 2.05) is 28.8 Å². The van der Waals surface area contributed by atoms with Crippen molar-refractivity contribution in [1.29, 1.82) is 0 Å². The average Bonchev–Trinajstić information content (AvgIpc) is 2.90. The number of hydrogen-bond donors (Lipinski definition) is 1. The number of likely N-dealkylation sites (N-methyl/N-ethyl adjacent to an activating group) is 1.